The van der Waals surface area contributed by atoms with Gasteiger partial charge in [-0.05, 0) is 43.2 Å². The molecule has 2 aliphatic heterocycles. The predicted octanol–water partition coefficient (Wildman–Crippen LogP) is 0.808. The summed E-state index contributed by atoms with van der Waals surface area (Å²) in [4.78, 5) is 36.2. The summed E-state index contributed by atoms with van der Waals surface area (Å²) >= 11 is 0. The Morgan fingerprint density at radius 3 is 2.71 bits per heavy atom. The number of aromatic nitrogens is 2. The van der Waals surface area contributed by atoms with E-state index < -0.39 is 17.6 Å². The standard InChI is InChI=1S/C21H22N6O4/c22-13-21(31)8-11-27(19(21)30)17-7-9-23-20(25-17)24-15-5-3-14(4-6-15)18(29)26-10-1-2-16(28)12-26/h3-7,9,16,28,31H,1-2,8,10-12H2,(H,23,24,25)/t16-,21-/m0/s1. The highest BCUT2D eigenvalue weighted by Crippen LogP contribution is 2.27. The third kappa shape index (κ3) is 4.19. The molecule has 1 aromatic carbocycles. The minimum absolute atomic E-state index is 0.0125. The van der Waals surface area contributed by atoms with Gasteiger partial charge < -0.3 is 20.4 Å². The SMILES string of the molecule is N#C[C@@]1(O)CCN(c2ccnc(Nc3ccc(C(=O)N4CCC[C@H](O)C4)cc3)n2)C1=O. The molecule has 0 unspecified atom stereocenters. The van der Waals surface area contributed by atoms with E-state index in [1.807, 2.05) is 0 Å². The van der Waals surface area contributed by atoms with Gasteiger partial charge in [0, 0.05) is 43.5 Å². The van der Waals surface area contributed by atoms with E-state index in [2.05, 4.69) is 15.3 Å². The van der Waals surface area contributed by atoms with Crippen molar-refractivity contribution in [3.05, 3.63) is 42.1 Å². The van der Waals surface area contributed by atoms with E-state index in [1.165, 1.54) is 17.2 Å². The number of hydrogen-bond donors (Lipinski definition) is 3. The van der Waals surface area contributed by atoms with Crippen molar-refractivity contribution in [2.45, 2.75) is 31.0 Å². The van der Waals surface area contributed by atoms with Crippen LogP contribution in [-0.4, -0.2) is 68.2 Å². The molecule has 3 N–H and O–H groups in total. The van der Waals surface area contributed by atoms with Crippen molar-refractivity contribution >= 4 is 29.3 Å². The van der Waals surface area contributed by atoms with Crippen LogP contribution in [0.25, 0.3) is 0 Å². The van der Waals surface area contributed by atoms with Crippen LogP contribution in [0.1, 0.15) is 29.6 Å². The van der Waals surface area contributed by atoms with Gasteiger partial charge in [0.25, 0.3) is 11.8 Å². The lowest BCUT2D eigenvalue weighted by molar-refractivity contribution is -0.128. The topological polar surface area (TPSA) is 143 Å². The summed E-state index contributed by atoms with van der Waals surface area (Å²) in [6, 6.07) is 9.99. The number of carbonyl (C=O) groups excluding carboxylic acids is 2. The van der Waals surface area contributed by atoms with Crippen molar-refractivity contribution < 1.29 is 19.8 Å². The van der Waals surface area contributed by atoms with Crippen LogP contribution in [0.2, 0.25) is 0 Å². The fourth-order valence-corrected chi connectivity index (χ4v) is 3.73. The first-order chi connectivity index (χ1) is 14.9. The van der Waals surface area contributed by atoms with Crippen LogP contribution in [0.3, 0.4) is 0 Å². The minimum atomic E-state index is -2.02. The van der Waals surface area contributed by atoms with Gasteiger partial charge in [-0.3, -0.25) is 14.5 Å². The number of amides is 2. The van der Waals surface area contributed by atoms with Crippen LogP contribution < -0.4 is 10.2 Å². The smallest absolute Gasteiger partial charge is 0.275 e. The lowest BCUT2D eigenvalue weighted by Gasteiger charge is -2.30. The maximum Gasteiger partial charge on any atom is 0.275 e. The van der Waals surface area contributed by atoms with Gasteiger partial charge in [0.1, 0.15) is 11.9 Å². The highest BCUT2D eigenvalue weighted by molar-refractivity contribution is 6.03. The van der Waals surface area contributed by atoms with Gasteiger partial charge in [0.15, 0.2) is 0 Å². The second kappa shape index (κ2) is 8.29. The van der Waals surface area contributed by atoms with Gasteiger partial charge in [-0.2, -0.15) is 10.2 Å². The summed E-state index contributed by atoms with van der Waals surface area (Å²) in [7, 11) is 0. The Balaban J connectivity index is 1.44. The Hall–Kier alpha value is -3.55. The fourth-order valence-electron chi connectivity index (χ4n) is 3.73. The number of piperidine rings is 1. The molecule has 2 amide bonds. The Kier molecular flexibility index (Phi) is 5.54. The molecule has 3 heterocycles. The van der Waals surface area contributed by atoms with Gasteiger partial charge in [0.05, 0.1) is 6.10 Å². The first kappa shape index (κ1) is 20.7. The van der Waals surface area contributed by atoms with Gasteiger partial charge >= 0.3 is 0 Å². The molecule has 2 saturated heterocycles. The summed E-state index contributed by atoms with van der Waals surface area (Å²) in [6.45, 7) is 1.16. The number of carbonyl (C=O) groups is 2. The molecule has 0 saturated carbocycles. The maximum atomic E-state index is 12.6. The van der Waals surface area contributed by atoms with Crippen molar-refractivity contribution in [3.8, 4) is 6.07 Å². The molecule has 2 fully saturated rings. The second-order valence-corrected chi connectivity index (χ2v) is 7.67. The normalized spacial score (nSPS) is 23.5. The number of likely N-dealkylation sites (tertiary alicyclic amines) is 1. The molecule has 0 aliphatic carbocycles. The summed E-state index contributed by atoms with van der Waals surface area (Å²) in [5.41, 5.74) is -0.855. The van der Waals surface area contributed by atoms with Crippen LogP contribution in [0.15, 0.2) is 36.5 Å². The Morgan fingerprint density at radius 1 is 1.26 bits per heavy atom. The lowest BCUT2D eigenvalue weighted by Crippen LogP contribution is -2.42. The monoisotopic (exact) mass is 422 g/mol. The average Bonchev–Trinajstić information content (AvgIpc) is 3.09. The molecule has 10 heteroatoms. The van der Waals surface area contributed by atoms with Gasteiger partial charge in [0.2, 0.25) is 11.5 Å². The first-order valence-electron chi connectivity index (χ1n) is 10.0. The molecular formula is C21H22N6O4. The van der Waals surface area contributed by atoms with Crippen LogP contribution in [0.4, 0.5) is 17.5 Å². The predicted molar refractivity (Wildman–Crippen MR) is 110 cm³/mol. The zero-order valence-corrected chi connectivity index (χ0v) is 16.7. The summed E-state index contributed by atoms with van der Waals surface area (Å²) < 4.78 is 0. The molecule has 0 radical (unpaired) electrons. The van der Waals surface area contributed by atoms with Gasteiger partial charge in [-0.15, -0.1) is 0 Å². The largest absolute Gasteiger partial charge is 0.391 e. The van der Waals surface area contributed by atoms with E-state index in [9.17, 15) is 19.8 Å². The Morgan fingerprint density at radius 2 is 2.03 bits per heavy atom. The summed E-state index contributed by atoms with van der Waals surface area (Å²) in [5, 5.41) is 31.9. The van der Waals surface area contributed by atoms with Crippen molar-refractivity contribution in [2.75, 3.05) is 29.9 Å². The van der Waals surface area contributed by atoms with E-state index in [1.54, 1.807) is 35.2 Å². The fraction of sp³-hybridized carbons (Fsp3) is 0.381. The second-order valence-electron chi connectivity index (χ2n) is 7.67. The molecule has 2 aromatic rings. The highest BCUT2D eigenvalue weighted by atomic mass is 16.3. The molecule has 31 heavy (non-hydrogen) atoms. The summed E-state index contributed by atoms with van der Waals surface area (Å²) in [5.74, 6) is -0.313. The van der Waals surface area contributed by atoms with Crippen molar-refractivity contribution in [1.29, 1.82) is 5.26 Å². The van der Waals surface area contributed by atoms with Crippen LogP contribution in [-0.2, 0) is 4.79 Å². The van der Waals surface area contributed by atoms with E-state index in [0.29, 0.717) is 30.8 Å². The molecule has 0 bridgehead atoms. The zero-order chi connectivity index (χ0) is 22.0. The number of hydrogen-bond acceptors (Lipinski definition) is 8. The maximum absolute atomic E-state index is 12.6. The summed E-state index contributed by atoms with van der Waals surface area (Å²) in [6.07, 6.45) is 2.50. The number of nitrogens with zero attached hydrogens (tertiary/aromatic N) is 5. The number of nitrogens with one attached hydrogen (secondary N) is 1. The number of benzene rings is 1. The van der Waals surface area contributed by atoms with E-state index in [0.717, 1.165) is 6.42 Å². The van der Waals surface area contributed by atoms with Crippen LogP contribution in [0, 0.1) is 11.3 Å². The Labute approximate surface area is 178 Å². The van der Waals surface area contributed by atoms with Gasteiger partial charge in [-0.1, -0.05) is 0 Å². The van der Waals surface area contributed by atoms with Crippen LogP contribution >= 0.6 is 0 Å². The highest BCUT2D eigenvalue weighted by Gasteiger charge is 2.46. The number of anilines is 3. The van der Waals surface area contributed by atoms with Gasteiger partial charge in [-0.25, -0.2) is 4.98 Å². The average molecular weight is 422 g/mol. The van der Waals surface area contributed by atoms with E-state index in [4.69, 9.17) is 5.26 Å². The Bertz CT molecular complexity index is 1040. The molecule has 10 nitrogen and oxygen atoms in total. The number of aliphatic hydroxyl groups is 2. The third-order valence-electron chi connectivity index (χ3n) is 5.47. The van der Waals surface area contributed by atoms with Crippen molar-refractivity contribution in [2.24, 2.45) is 0 Å². The number of aliphatic hydroxyl groups excluding tert-OH is 1. The number of rotatable bonds is 4. The third-order valence-corrected chi connectivity index (χ3v) is 5.47. The van der Waals surface area contributed by atoms with Crippen molar-refractivity contribution in [3.63, 3.8) is 0 Å². The quantitative estimate of drug-likeness (QED) is 0.614. The number of nitriles is 1. The minimum Gasteiger partial charge on any atom is -0.391 e. The first-order valence-corrected chi connectivity index (χ1v) is 10.0. The van der Waals surface area contributed by atoms with Crippen LogP contribution in [0.5, 0.6) is 0 Å². The van der Waals surface area contributed by atoms with E-state index in [-0.39, 0.29) is 30.6 Å². The molecule has 4 rings (SSSR count). The molecule has 2 aliphatic rings. The number of β-amino-alcohol motifs (C(OH)–C–C–N with tert-alkyl or cyclic N) is 1. The van der Waals surface area contributed by atoms with E-state index >= 15 is 0 Å². The lowest BCUT2D eigenvalue weighted by atomic mass is 10.1. The molecular weight excluding hydrogens is 400 g/mol. The molecule has 160 valence electrons. The molecule has 2 atom stereocenters. The molecule has 1 aromatic heterocycles. The zero-order valence-electron chi connectivity index (χ0n) is 16.7. The molecule has 0 spiro atoms. The van der Waals surface area contributed by atoms with Crippen molar-refractivity contribution in [1.82, 2.24) is 14.9 Å².